The van der Waals surface area contributed by atoms with Crippen LogP contribution in [0.5, 0.6) is 5.88 Å². The highest BCUT2D eigenvalue weighted by molar-refractivity contribution is 7.18. The molecule has 3 aromatic rings. The number of carbonyl (C=O) groups is 1. The summed E-state index contributed by atoms with van der Waals surface area (Å²) in [4.78, 5) is 38.4. The number of nitrogens with zero attached hydrogens (tertiary/aromatic N) is 2. The number of hydrogen-bond donors (Lipinski definition) is 1. The number of ether oxygens (including phenoxy) is 2. The van der Waals surface area contributed by atoms with Gasteiger partial charge in [0.25, 0.3) is 5.56 Å². The number of thiophene rings is 1. The fourth-order valence-electron chi connectivity index (χ4n) is 3.46. The van der Waals surface area contributed by atoms with Crippen LogP contribution in [0.25, 0.3) is 10.2 Å². The standard InChI is InChI=1S/C20H21N3O4S/c1-10-4-6-13-14(8-10)28-19-16(13)18(24)22-17(23-19)11(2)27-20(25)12-5-7-15(26-3)21-9-12/h5,7,9-11H,4,6,8H2,1-3H3,(H,22,23,24)/t10-,11-/m1/s1. The summed E-state index contributed by atoms with van der Waals surface area (Å²) >= 11 is 1.57. The highest BCUT2D eigenvalue weighted by Gasteiger charge is 2.24. The Balaban J connectivity index is 1.59. The molecule has 0 aliphatic heterocycles. The number of aromatic nitrogens is 3. The maximum atomic E-state index is 12.7. The molecular formula is C20H21N3O4S. The maximum absolute atomic E-state index is 12.7. The second-order valence-corrected chi connectivity index (χ2v) is 8.20. The number of aryl methyl sites for hydroxylation is 1. The van der Waals surface area contributed by atoms with Crippen LogP contribution in [-0.2, 0) is 17.6 Å². The molecule has 3 aromatic heterocycles. The molecule has 0 unspecified atom stereocenters. The number of carbonyl (C=O) groups excluding carboxylic acids is 1. The van der Waals surface area contributed by atoms with Gasteiger partial charge in [0, 0.05) is 17.1 Å². The van der Waals surface area contributed by atoms with Gasteiger partial charge in [-0.15, -0.1) is 11.3 Å². The Hall–Kier alpha value is -2.74. The number of aromatic amines is 1. The summed E-state index contributed by atoms with van der Waals surface area (Å²) < 4.78 is 10.5. The van der Waals surface area contributed by atoms with Crippen molar-refractivity contribution in [1.82, 2.24) is 15.0 Å². The second-order valence-electron chi connectivity index (χ2n) is 7.12. The number of H-pyrrole nitrogens is 1. The van der Waals surface area contributed by atoms with Crippen LogP contribution in [0.4, 0.5) is 0 Å². The van der Waals surface area contributed by atoms with Crippen molar-refractivity contribution in [1.29, 1.82) is 0 Å². The van der Waals surface area contributed by atoms with Crippen LogP contribution in [0.2, 0.25) is 0 Å². The van der Waals surface area contributed by atoms with E-state index < -0.39 is 12.1 Å². The molecule has 0 radical (unpaired) electrons. The molecule has 0 bridgehead atoms. The lowest BCUT2D eigenvalue weighted by Gasteiger charge is -2.17. The predicted octanol–water partition coefficient (Wildman–Crippen LogP) is 3.43. The SMILES string of the molecule is COc1ccc(C(=O)O[C@H](C)c2nc3sc4c(c3c(=O)[nH]2)CC[C@@H](C)C4)cn1. The molecule has 0 saturated heterocycles. The molecule has 1 aliphatic rings. The summed E-state index contributed by atoms with van der Waals surface area (Å²) in [5, 5.41) is 0.688. The first-order valence-electron chi connectivity index (χ1n) is 9.21. The average molecular weight is 399 g/mol. The van der Waals surface area contributed by atoms with Crippen molar-refractivity contribution in [2.24, 2.45) is 5.92 Å². The summed E-state index contributed by atoms with van der Waals surface area (Å²) in [7, 11) is 1.50. The Morgan fingerprint density at radius 1 is 1.39 bits per heavy atom. The number of rotatable bonds is 4. The van der Waals surface area contributed by atoms with Crippen LogP contribution in [0, 0.1) is 5.92 Å². The van der Waals surface area contributed by atoms with Crippen LogP contribution >= 0.6 is 11.3 Å². The predicted molar refractivity (Wildman–Crippen MR) is 106 cm³/mol. The van der Waals surface area contributed by atoms with Gasteiger partial charge in [-0.1, -0.05) is 6.92 Å². The molecule has 7 nitrogen and oxygen atoms in total. The van der Waals surface area contributed by atoms with E-state index >= 15 is 0 Å². The molecule has 1 aliphatic carbocycles. The molecule has 146 valence electrons. The summed E-state index contributed by atoms with van der Waals surface area (Å²) in [5.74, 6) is 0.845. The van der Waals surface area contributed by atoms with E-state index in [1.165, 1.54) is 18.2 Å². The van der Waals surface area contributed by atoms with Crippen LogP contribution < -0.4 is 10.3 Å². The van der Waals surface area contributed by atoms with Gasteiger partial charge in [0.15, 0.2) is 11.9 Å². The minimum Gasteiger partial charge on any atom is -0.481 e. The first-order chi connectivity index (χ1) is 13.5. The van der Waals surface area contributed by atoms with Gasteiger partial charge >= 0.3 is 5.97 Å². The van der Waals surface area contributed by atoms with Crippen LogP contribution in [0.15, 0.2) is 23.1 Å². The minimum atomic E-state index is -0.690. The first-order valence-corrected chi connectivity index (χ1v) is 10.0. The molecule has 8 heteroatoms. The molecular weight excluding hydrogens is 378 g/mol. The van der Waals surface area contributed by atoms with Crippen LogP contribution in [-0.4, -0.2) is 28.0 Å². The van der Waals surface area contributed by atoms with Gasteiger partial charge in [0.2, 0.25) is 5.88 Å². The lowest BCUT2D eigenvalue weighted by molar-refractivity contribution is 0.0319. The highest BCUT2D eigenvalue weighted by atomic mass is 32.1. The van der Waals surface area contributed by atoms with E-state index in [9.17, 15) is 9.59 Å². The Kier molecular flexibility index (Phi) is 4.89. The van der Waals surface area contributed by atoms with Gasteiger partial charge in [-0.3, -0.25) is 4.79 Å². The van der Waals surface area contributed by atoms with E-state index in [2.05, 4.69) is 21.9 Å². The summed E-state index contributed by atoms with van der Waals surface area (Å²) in [6.45, 7) is 3.92. The third kappa shape index (κ3) is 3.40. The van der Waals surface area contributed by atoms with Crippen LogP contribution in [0.1, 0.15) is 53.0 Å². The van der Waals surface area contributed by atoms with E-state index in [1.54, 1.807) is 30.4 Å². The first kappa shape index (κ1) is 18.6. The zero-order valence-corrected chi connectivity index (χ0v) is 16.8. The van der Waals surface area contributed by atoms with Crippen molar-refractivity contribution in [3.05, 3.63) is 50.5 Å². The Morgan fingerprint density at radius 2 is 2.21 bits per heavy atom. The fourth-order valence-corrected chi connectivity index (χ4v) is 4.85. The smallest absolute Gasteiger partial charge is 0.340 e. The highest BCUT2D eigenvalue weighted by Crippen LogP contribution is 2.36. The maximum Gasteiger partial charge on any atom is 0.340 e. The summed E-state index contributed by atoms with van der Waals surface area (Å²) in [5.41, 5.74) is 1.27. The molecule has 3 heterocycles. The normalized spacial score (nSPS) is 17.2. The zero-order chi connectivity index (χ0) is 19.8. The van der Waals surface area contributed by atoms with E-state index in [4.69, 9.17) is 9.47 Å². The zero-order valence-electron chi connectivity index (χ0n) is 15.9. The summed E-state index contributed by atoms with van der Waals surface area (Å²) in [6.07, 6.45) is 3.69. The minimum absolute atomic E-state index is 0.166. The van der Waals surface area contributed by atoms with E-state index in [-0.39, 0.29) is 5.56 Å². The molecule has 0 saturated carbocycles. The number of hydrogen-bond acceptors (Lipinski definition) is 7. The Morgan fingerprint density at radius 3 is 2.93 bits per heavy atom. The van der Waals surface area contributed by atoms with Crippen molar-refractivity contribution in [3.8, 4) is 5.88 Å². The number of methoxy groups -OCH3 is 1. The monoisotopic (exact) mass is 399 g/mol. The number of esters is 1. The lowest BCUT2D eigenvalue weighted by Crippen LogP contribution is -2.18. The largest absolute Gasteiger partial charge is 0.481 e. The topological polar surface area (TPSA) is 94.2 Å². The van der Waals surface area contributed by atoms with Crippen LogP contribution in [0.3, 0.4) is 0 Å². The molecule has 0 aromatic carbocycles. The van der Waals surface area contributed by atoms with Gasteiger partial charge in [0.05, 0.1) is 18.1 Å². The van der Waals surface area contributed by atoms with Gasteiger partial charge in [-0.2, -0.15) is 0 Å². The van der Waals surface area contributed by atoms with Gasteiger partial charge in [-0.25, -0.2) is 14.8 Å². The van der Waals surface area contributed by atoms with Gasteiger partial charge in [-0.05, 0) is 43.7 Å². The van der Waals surface area contributed by atoms with Crippen molar-refractivity contribution in [3.63, 3.8) is 0 Å². The molecule has 0 spiro atoms. The van der Waals surface area contributed by atoms with Crippen molar-refractivity contribution in [2.75, 3.05) is 7.11 Å². The number of pyridine rings is 1. The quantitative estimate of drug-likeness (QED) is 0.676. The number of nitrogens with one attached hydrogen (secondary N) is 1. The molecule has 0 fully saturated rings. The van der Waals surface area contributed by atoms with E-state index in [0.29, 0.717) is 33.4 Å². The lowest BCUT2D eigenvalue weighted by atomic mass is 9.89. The van der Waals surface area contributed by atoms with Crippen molar-refractivity contribution >= 4 is 27.5 Å². The molecule has 1 N–H and O–H groups in total. The van der Waals surface area contributed by atoms with E-state index in [1.807, 2.05) is 0 Å². The molecule has 4 rings (SSSR count). The third-order valence-electron chi connectivity index (χ3n) is 5.03. The Labute approximate surface area is 165 Å². The van der Waals surface area contributed by atoms with Crippen molar-refractivity contribution < 1.29 is 14.3 Å². The second kappa shape index (κ2) is 7.35. The fraction of sp³-hybridized carbons (Fsp3) is 0.400. The molecule has 2 atom stereocenters. The average Bonchev–Trinajstić information content (AvgIpc) is 3.05. The molecule has 28 heavy (non-hydrogen) atoms. The third-order valence-corrected chi connectivity index (χ3v) is 6.18. The molecule has 0 amide bonds. The van der Waals surface area contributed by atoms with Gasteiger partial charge < -0.3 is 14.5 Å². The number of fused-ring (bicyclic) bond motifs is 3. The van der Waals surface area contributed by atoms with Gasteiger partial charge in [0.1, 0.15) is 4.83 Å². The van der Waals surface area contributed by atoms with E-state index in [0.717, 1.165) is 24.8 Å². The summed E-state index contributed by atoms with van der Waals surface area (Å²) in [6, 6.07) is 3.17. The van der Waals surface area contributed by atoms with Crippen molar-refractivity contribution in [2.45, 2.75) is 39.2 Å². The Bertz CT molecular complexity index is 1090.